The highest BCUT2D eigenvalue weighted by atomic mass is 32.1. The molecule has 0 radical (unpaired) electrons. The lowest BCUT2D eigenvalue weighted by molar-refractivity contribution is 1.36. The molecule has 3 nitrogen and oxygen atoms in total. The summed E-state index contributed by atoms with van der Waals surface area (Å²) in [6.45, 7) is 0. The summed E-state index contributed by atoms with van der Waals surface area (Å²) in [7, 11) is 0. The molecule has 1 aromatic rings. The Morgan fingerprint density at radius 3 is 3.07 bits per heavy atom. The van der Waals surface area contributed by atoms with E-state index in [4.69, 9.17) is 0 Å². The molecule has 1 aromatic heterocycles. The van der Waals surface area contributed by atoms with E-state index in [0.717, 1.165) is 28.7 Å². The number of fused-ring (bicyclic) bond motifs is 1. The van der Waals surface area contributed by atoms with Gasteiger partial charge in [0.2, 0.25) is 0 Å². The summed E-state index contributed by atoms with van der Waals surface area (Å²) in [6, 6.07) is 0. The van der Waals surface area contributed by atoms with Gasteiger partial charge in [-0.3, -0.25) is 0 Å². The summed E-state index contributed by atoms with van der Waals surface area (Å²) in [5.41, 5.74) is 2.04. The Labute approximate surface area is 85.2 Å². The van der Waals surface area contributed by atoms with E-state index in [2.05, 4.69) is 21.0 Å². The Morgan fingerprint density at radius 1 is 1.29 bits per heavy atom. The van der Waals surface area contributed by atoms with Gasteiger partial charge in [-0.1, -0.05) is 12.2 Å². The topological polar surface area (TPSA) is 37.6 Å². The number of aromatic nitrogens is 1. The quantitative estimate of drug-likeness (QED) is 0.686. The zero-order chi connectivity index (χ0) is 9.38. The van der Waals surface area contributed by atoms with Crippen LogP contribution in [0.2, 0.25) is 0 Å². The van der Waals surface area contributed by atoms with Crippen molar-refractivity contribution in [1.82, 2.24) is 4.98 Å². The van der Waals surface area contributed by atoms with Crippen LogP contribution in [0.1, 0.15) is 11.4 Å². The Balaban J connectivity index is 2.04. The molecule has 1 aliphatic carbocycles. The first-order chi connectivity index (χ1) is 6.93. The fraction of sp³-hybridized carbons (Fsp3) is 0.100. The van der Waals surface area contributed by atoms with Crippen LogP contribution in [0.4, 0.5) is 0 Å². The van der Waals surface area contributed by atoms with E-state index in [1.807, 2.05) is 17.5 Å². The van der Waals surface area contributed by atoms with Gasteiger partial charge >= 0.3 is 0 Å². The van der Waals surface area contributed by atoms with E-state index in [-0.39, 0.29) is 0 Å². The number of rotatable bonds is 1. The number of hydrogen-bond donors (Lipinski definition) is 0. The molecule has 0 spiro atoms. The van der Waals surface area contributed by atoms with Gasteiger partial charge in [0, 0.05) is 18.0 Å². The van der Waals surface area contributed by atoms with E-state index in [1.54, 1.807) is 17.5 Å². The van der Waals surface area contributed by atoms with E-state index in [0.29, 0.717) is 0 Å². The van der Waals surface area contributed by atoms with Crippen LogP contribution >= 0.6 is 11.3 Å². The number of thiazole rings is 1. The third kappa shape index (κ3) is 1.15. The largest absolute Gasteiger partial charge is 0.241 e. The predicted molar refractivity (Wildman–Crippen MR) is 57.9 cm³/mol. The Hall–Kier alpha value is -1.55. The zero-order valence-electron chi connectivity index (χ0n) is 7.34. The predicted octanol–water partition coefficient (Wildman–Crippen LogP) is 2.19. The minimum absolute atomic E-state index is 0.755. The fourth-order valence-corrected chi connectivity index (χ4v) is 2.01. The number of nitrogens with zero attached hydrogens (tertiary/aromatic N) is 3. The molecule has 0 bridgehead atoms. The van der Waals surface area contributed by atoms with Crippen LogP contribution < -0.4 is 0 Å². The summed E-state index contributed by atoms with van der Waals surface area (Å²) in [4.78, 5) is 13.1. The Morgan fingerprint density at radius 2 is 2.29 bits per heavy atom. The molecule has 1 aliphatic heterocycles. The standard InChI is InChI=1S/C10H7N3S/c1-2-4-8-7(3-1)12-9(13-8)10-11-5-6-14-10/h1-3,5-6H,4H2. The molecule has 2 aliphatic rings. The fourth-order valence-electron chi connectivity index (χ4n) is 1.44. The maximum atomic E-state index is 4.45. The summed E-state index contributed by atoms with van der Waals surface area (Å²) < 4.78 is 0. The smallest absolute Gasteiger partial charge is 0.189 e. The van der Waals surface area contributed by atoms with Crippen LogP contribution in [-0.4, -0.2) is 16.5 Å². The molecular weight excluding hydrogens is 194 g/mol. The number of amidine groups is 1. The van der Waals surface area contributed by atoms with Crippen molar-refractivity contribution in [3.8, 4) is 0 Å². The van der Waals surface area contributed by atoms with Crippen molar-refractivity contribution in [2.24, 2.45) is 9.98 Å². The van der Waals surface area contributed by atoms with E-state index < -0.39 is 0 Å². The van der Waals surface area contributed by atoms with E-state index in [9.17, 15) is 0 Å². The lowest BCUT2D eigenvalue weighted by Gasteiger charge is -1.99. The molecule has 0 atom stereocenters. The summed E-state index contributed by atoms with van der Waals surface area (Å²) in [5.74, 6) is 0.755. The molecule has 0 saturated heterocycles. The maximum absolute atomic E-state index is 4.45. The first-order valence-corrected chi connectivity index (χ1v) is 5.25. The second kappa shape index (κ2) is 2.99. The van der Waals surface area contributed by atoms with Crippen molar-refractivity contribution < 1.29 is 0 Å². The van der Waals surface area contributed by atoms with Gasteiger partial charge in [-0.15, -0.1) is 11.3 Å². The normalized spacial score (nSPS) is 18.7. The van der Waals surface area contributed by atoms with Gasteiger partial charge in [0.15, 0.2) is 10.8 Å². The van der Waals surface area contributed by atoms with Gasteiger partial charge in [0.25, 0.3) is 0 Å². The molecule has 0 N–H and O–H groups in total. The van der Waals surface area contributed by atoms with E-state index >= 15 is 0 Å². The highest BCUT2D eigenvalue weighted by molar-refractivity contribution is 7.11. The minimum atomic E-state index is 0.755. The van der Waals surface area contributed by atoms with Crippen LogP contribution in [0, 0.1) is 0 Å². The van der Waals surface area contributed by atoms with Gasteiger partial charge in [0.1, 0.15) is 0 Å². The van der Waals surface area contributed by atoms with Gasteiger partial charge < -0.3 is 0 Å². The molecular formula is C10H7N3S. The Kier molecular flexibility index (Phi) is 1.67. The van der Waals surface area contributed by atoms with Crippen LogP contribution in [-0.2, 0) is 0 Å². The lowest BCUT2D eigenvalue weighted by Crippen LogP contribution is -1.98. The molecule has 0 aromatic carbocycles. The van der Waals surface area contributed by atoms with E-state index in [1.165, 1.54) is 0 Å². The van der Waals surface area contributed by atoms with Crippen LogP contribution in [0.25, 0.3) is 0 Å². The average molecular weight is 201 g/mol. The molecule has 2 heterocycles. The highest BCUT2D eigenvalue weighted by Gasteiger charge is 2.18. The number of hydrogen-bond acceptors (Lipinski definition) is 4. The zero-order valence-corrected chi connectivity index (χ0v) is 8.16. The molecule has 0 saturated carbocycles. The van der Waals surface area contributed by atoms with Crippen LogP contribution in [0.5, 0.6) is 0 Å². The summed E-state index contributed by atoms with van der Waals surface area (Å²) in [5, 5.41) is 2.83. The summed E-state index contributed by atoms with van der Waals surface area (Å²) >= 11 is 1.57. The Bertz CT molecular complexity index is 477. The third-order valence-electron chi connectivity index (χ3n) is 2.09. The molecule has 68 valence electrons. The lowest BCUT2D eigenvalue weighted by atomic mass is 10.1. The monoisotopic (exact) mass is 201 g/mol. The maximum Gasteiger partial charge on any atom is 0.189 e. The minimum Gasteiger partial charge on any atom is -0.241 e. The molecule has 0 amide bonds. The van der Waals surface area contributed by atoms with Crippen molar-refractivity contribution in [3.05, 3.63) is 40.5 Å². The van der Waals surface area contributed by atoms with Gasteiger partial charge in [-0.25, -0.2) is 15.0 Å². The second-order valence-electron chi connectivity index (χ2n) is 3.02. The molecule has 14 heavy (non-hydrogen) atoms. The van der Waals surface area contributed by atoms with Crippen LogP contribution in [0.15, 0.2) is 45.5 Å². The van der Waals surface area contributed by atoms with Crippen molar-refractivity contribution in [1.29, 1.82) is 0 Å². The molecule has 0 fully saturated rings. The van der Waals surface area contributed by atoms with Gasteiger partial charge in [-0.2, -0.15) is 0 Å². The summed E-state index contributed by atoms with van der Waals surface area (Å²) in [6.07, 6.45) is 8.75. The molecule has 0 unspecified atom stereocenters. The number of allylic oxidation sites excluding steroid dienone is 4. The molecule has 3 rings (SSSR count). The third-order valence-corrected chi connectivity index (χ3v) is 2.86. The molecule has 4 heteroatoms. The average Bonchev–Trinajstić information content (AvgIpc) is 2.86. The van der Waals surface area contributed by atoms with Crippen LogP contribution in [0.3, 0.4) is 0 Å². The number of aliphatic imine (C=N–C) groups is 2. The first-order valence-electron chi connectivity index (χ1n) is 4.37. The highest BCUT2D eigenvalue weighted by Crippen LogP contribution is 2.21. The van der Waals surface area contributed by atoms with Crippen molar-refractivity contribution >= 4 is 22.9 Å². The first kappa shape index (κ1) is 7.82. The van der Waals surface area contributed by atoms with Crippen molar-refractivity contribution in [2.75, 3.05) is 0 Å². The van der Waals surface area contributed by atoms with Crippen molar-refractivity contribution in [2.45, 2.75) is 6.42 Å². The van der Waals surface area contributed by atoms with Gasteiger partial charge in [0.05, 0.1) is 11.4 Å². The SMILES string of the molecule is C1=CCC2=NC(c3nccs3)=NC2=C1. The van der Waals surface area contributed by atoms with Crippen molar-refractivity contribution in [3.63, 3.8) is 0 Å². The van der Waals surface area contributed by atoms with Gasteiger partial charge in [-0.05, 0) is 6.08 Å². The second-order valence-corrected chi connectivity index (χ2v) is 3.91.